The largest absolute Gasteiger partial charge is 0.352 e. The van der Waals surface area contributed by atoms with E-state index in [0.717, 1.165) is 9.87 Å². The molecule has 1 unspecified atom stereocenters. The average Bonchev–Trinajstić information content (AvgIpc) is 2.89. The molecule has 1 N–H and O–H groups in total. The minimum absolute atomic E-state index is 0.00900. The van der Waals surface area contributed by atoms with Gasteiger partial charge in [-0.05, 0) is 63.1 Å². The minimum atomic E-state index is -4.21. The van der Waals surface area contributed by atoms with Crippen molar-refractivity contribution in [1.29, 1.82) is 0 Å². The number of halogens is 2. The van der Waals surface area contributed by atoms with Crippen LogP contribution < -0.4 is 9.62 Å². The lowest BCUT2D eigenvalue weighted by Gasteiger charge is -2.32. The van der Waals surface area contributed by atoms with E-state index in [1.807, 2.05) is 44.2 Å². The van der Waals surface area contributed by atoms with Crippen molar-refractivity contribution in [3.63, 3.8) is 0 Å². The second kappa shape index (κ2) is 13.1. The Labute approximate surface area is 234 Å². The topological polar surface area (TPSA) is 86.8 Å². The van der Waals surface area contributed by atoms with Crippen molar-refractivity contribution in [3.8, 4) is 0 Å². The molecule has 202 valence electrons. The Hall–Kier alpha value is -3.07. The summed E-state index contributed by atoms with van der Waals surface area (Å²) in [6.45, 7) is 4.92. The van der Waals surface area contributed by atoms with Gasteiger partial charge in [-0.25, -0.2) is 8.42 Å². The van der Waals surface area contributed by atoms with Crippen LogP contribution in [-0.4, -0.2) is 50.3 Å². The van der Waals surface area contributed by atoms with Crippen molar-refractivity contribution in [2.45, 2.75) is 44.2 Å². The number of benzene rings is 3. The van der Waals surface area contributed by atoms with Crippen LogP contribution in [0.15, 0.2) is 83.8 Å². The lowest BCUT2D eigenvalue weighted by molar-refractivity contribution is -0.139. The van der Waals surface area contributed by atoms with E-state index in [9.17, 15) is 18.0 Å². The quantitative estimate of drug-likeness (QED) is 0.341. The molecular weight excluding hydrogens is 545 g/mol. The summed E-state index contributed by atoms with van der Waals surface area (Å²) in [5.74, 6) is -0.887. The zero-order valence-electron chi connectivity index (χ0n) is 21.5. The van der Waals surface area contributed by atoms with Gasteiger partial charge in [0.1, 0.15) is 12.6 Å². The summed E-state index contributed by atoms with van der Waals surface area (Å²) >= 11 is 12.6. The van der Waals surface area contributed by atoms with Crippen LogP contribution in [0.2, 0.25) is 10.0 Å². The summed E-state index contributed by atoms with van der Waals surface area (Å²) in [5, 5.41) is 3.20. The molecule has 0 fully saturated rings. The molecule has 0 heterocycles. The number of nitrogens with one attached hydrogen (secondary N) is 1. The number of carbonyl (C=O) groups is 2. The number of anilines is 1. The van der Waals surface area contributed by atoms with Gasteiger partial charge in [0.15, 0.2) is 0 Å². The SMILES string of the molecule is CC(C)NC(=O)C(C)N(CCc1ccccc1)C(=O)CN(c1cc(Cl)ccc1Cl)S(=O)(=O)c1ccccc1. The molecule has 10 heteroatoms. The fraction of sp³-hybridized carbons (Fsp3) is 0.286. The fourth-order valence-electron chi connectivity index (χ4n) is 3.89. The van der Waals surface area contributed by atoms with Crippen LogP contribution in [0.25, 0.3) is 0 Å². The highest BCUT2D eigenvalue weighted by Crippen LogP contribution is 2.33. The normalized spacial score (nSPS) is 12.2. The zero-order chi connectivity index (χ0) is 27.9. The molecule has 3 aromatic carbocycles. The first-order valence-electron chi connectivity index (χ1n) is 12.2. The summed E-state index contributed by atoms with van der Waals surface area (Å²) < 4.78 is 28.5. The Morgan fingerprint density at radius 3 is 2.11 bits per heavy atom. The summed E-state index contributed by atoms with van der Waals surface area (Å²) in [6, 6.07) is 20.8. The molecule has 7 nitrogen and oxygen atoms in total. The van der Waals surface area contributed by atoms with Crippen molar-refractivity contribution < 1.29 is 18.0 Å². The molecule has 0 aromatic heterocycles. The maximum atomic E-state index is 13.8. The van der Waals surface area contributed by atoms with Crippen LogP contribution >= 0.6 is 23.2 Å². The van der Waals surface area contributed by atoms with Crippen molar-refractivity contribution >= 4 is 50.7 Å². The Kier molecular flexibility index (Phi) is 10.2. The minimum Gasteiger partial charge on any atom is -0.352 e. The molecule has 0 bridgehead atoms. The Morgan fingerprint density at radius 1 is 0.895 bits per heavy atom. The first-order chi connectivity index (χ1) is 18.0. The molecule has 3 aromatic rings. The van der Waals surface area contributed by atoms with Gasteiger partial charge >= 0.3 is 0 Å². The van der Waals surface area contributed by atoms with E-state index in [-0.39, 0.29) is 39.1 Å². The van der Waals surface area contributed by atoms with Gasteiger partial charge in [-0.1, -0.05) is 71.7 Å². The summed E-state index contributed by atoms with van der Waals surface area (Å²) in [7, 11) is -4.21. The van der Waals surface area contributed by atoms with Gasteiger partial charge in [0.25, 0.3) is 10.0 Å². The van der Waals surface area contributed by atoms with Crippen LogP contribution in [0, 0.1) is 0 Å². The maximum absolute atomic E-state index is 13.8. The van der Waals surface area contributed by atoms with Crippen molar-refractivity contribution in [3.05, 3.63) is 94.5 Å². The predicted octanol–water partition coefficient (Wildman–Crippen LogP) is 5.17. The number of amides is 2. The van der Waals surface area contributed by atoms with Crippen LogP contribution in [0.5, 0.6) is 0 Å². The van der Waals surface area contributed by atoms with Crippen LogP contribution in [0.3, 0.4) is 0 Å². The Bertz CT molecular complexity index is 1350. The Morgan fingerprint density at radius 2 is 1.50 bits per heavy atom. The van der Waals surface area contributed by atoms with Gasteiger partial charge in [0.05, 0.1) is 15.6 Å². The average molecular weight is 577 g/mol. The standard InChI is InChI=1S/C28H31Cl2N3O4S/c1-20(2)31-28(35)21(3)32(17-16-22-10-6-4-7-11-22)27(34)19-33(26-18-23(29)14-15-25(26)30)38(36,37)24-12-8-5-9-13-24/h4-15,18,20-21H,16-17,19H2,1-3H3,(H,31,35). The summed E-state index contributed by atoms with van der Waals surface area (Å²) in [5.41, 5.74) is 1.05. The van der Waals surface area contributed by atoms with Gasteiger partial charge < -0.3 is 10.2 Å². The number of sulfonamides is 1. The molecule has 38 heavy (non-hydrogen) atoms. The summed E-state index contributed by atoms with van der Waals surface area (Å²) in [6.07, 6.45) is 0.481. The van der Waals surface area contributed by atoms with Crippen LogP contribution in [0.1, 0.15) is 26.3 Å². The monoisotopic (exact) mass is 575 g/mol. The second-order valence-electron chi connectivity index (χ2n) is 9.08. The van der Waals surface area contributed by atoms with Crippen LogP contribution in [0.4, 0.5) is 5.69 Å². The van der Waals surface area contributed by atoms with Gasteiger partial charge in [-0.2, -0.15) is 0 Å². The Balaban J connectivity index is 2.01. The van der Waals surface area contributed by atoms with E-state index >= 15 is 0 Å². The molecular formula is C28H31Cl2N3O4S. The lowest BCUT2D eigenvalue weighted by atomic mass is 10.1. The van der Waals surface area contributed by atoms with E-state index in [1.165, 1.54) is 35.2 Å². The maximum Gasteiger partial charge on any atom is 0.264 e. The van der Waals surface area contributed by atoms with Crippen molar-refractivity contribution in [2.75, 3.05) is 17.4 Å². The molecule has 2 amide bonds. The molecule has 0 aliphatic heterocycles. The van der Waals surface area contributed by atoms with Gasteiger partial charge in [-0.3, -0.25) is 13.9 Å². The second-order valence-corrected chi connectivity index (χ2v) is 11.8. The lowest BCUT2D eigenvalue weighted by Crippen LogP contribution is -2.53. The number of hydrogen-bond donors (Lipinski definition) is 1. The molecule has 3 rings (SSSR count). The van der Waals surface area contributed by atoms with Crippen LogP contribution in [-0.2, 0) is 26.0 Å². The van der Waals surface area contributed by atoms with E-state index in [0.29, 0.717) is 6.42 Å². The predicted molar refractivity (Wildman–Crippen MR) is 152 cm³/mol. The molecule has 0 spiro atoms. The molecule has 1 atom stereocenters. The van der Waals surface area contributed by atoms with Crippen molar-refractivity contribution in [1.82, 2.24) is 10.2 Å². The highest BCUT2D eigenvalue weighted by molar-refractivity contribution is 7.92. The van der Waals surface area contributed by atoms with E-state index in [1.54, 1.807) is 25.1 Å². The van der Waals surface area contributed by atoms with E-state index in [4.69, 9.17) is 23.2 Å². The molecule has 0 radical (unpaired) electrons. The molecule has 0 saturated heterocycles. The van der Waals surface area contributed by atoms with Gasteiger partial charge in [0, 0.05) is 17.6 Å². The van der Waals surface area contributed by atoms with E-state index < -0.39 is 28.5 Å². The van der Waals surface area contributed by atoms with Crippen molar-refractivity contribution in [2.24, 2.45) is 0 Å². The third kappa shape index (κ3) is 7.49. The van der Waals surface area contributed by atoms with Gasteiger partial charge in [-0.15, -0.1) is 0 Å². The van der Waals surface area contributed by atoms with Gasteiger partial charge in [0.2, 0.25) is 11.8 Å². The molecule has 0 aliphatic rings. The zero-order valence-corrected chi connectivity index (χ0v) is 23.8. The number of nitrogens with zero attached hydrogens (tertiary/aromatic N) is 2. The smallest absolute Gasteiger partial charge is 0.264 e. The third-order valence-corrected chi connectivity index (χ3v) is 8.20. The number of rotatable bonds is 11. The fourth-order valence-corrected chi connectivity index (χ4v) is 5.77. The first-order valence-corrected chi connectivity index (χ1v) is 14.4. The first kappa shape index (κ1) is 29.5. The summed E-state index contributed by atoms with van der Waals surface area (Å²) in [4.78, 5) is 28.1. The number of carbonyl (C=O) groups excluding carboxylic acids is 2. The van der Waals surface area contributed by atoms with E-state index in [2.05, 4.69) is 5.32 Å². The molecule has 0 saturated carbocycles. The highest BCUT2D eigenvalue weighted by Gasteiger charge is 2.33. The molecule has 0 aliphatic carbocycles. The highest BCUT2D eigenvalue weighted by atomic mass is 35.5. The number of hydrogen-bond acceptors (Lipinski definition) is 4. The third-order valence-electron chi connectivity index (χ3n) is 5.87.